The van der Waals surface area contributed by atoms with E-state index in [0.717, 1.165) is 0 Å². The molecule has 6 N–H and O–H groups in total. The molecule has 0 saturated carbocycles. The molecule has 1 saturated heterocycles. The SMILES string of the molecule is [B][C@@H]1O[C@H](COP(=O)(O)OP(=O)(O)OP(=O)(O)O)[C@H](O)C1O. The van der Waals surface area contributed by atoms with Crippen molar-refractivity contribution in [1.82, 2.24) is 0 Å². The van der Waals surface area contributed by atoms with E-state index in [1.165, 1.54) is 0 Å². The van der Waals surface area contributed by atoms with Gasteiger partial charge in [-0.1, -0.05) is 0 Å². The van der Waals surface area contributed by atoms with Gasteiger partial charge in [-0.25, -0.2) is 13.7 Å². The van der Waals surface area contributed by atoms with Crippen molar-refractivity contribution >= 4 is 31.3 Å². The number of phosphoric acid groups is 3. The number of hydrogen-bond acceptors (Lipinski definition) is 9. The minimum atomic E-state index is -5.61. The fourth-order valence-electron chi connectivity index (χ4n) is 1.39. The Kier molecular flexibility index (Phi) is 6.56. The Morgan fingerprint density at radius 3 is 1.91 bits per heavy atom. The first-order valence-corrected chi connectivity index (χ1v) is 9.80. The molecular formula is C5H12BO13P3. The van der Waals surface area contributed by atoms with Gasteiger partial charge in [0.2, 0.25) is 0 Å². The molecule has 13 nitrogen and oxygen atoms in total. The molecule has 1 heterocycles. The summed E-state index contributed by atoms with van der Waals surface area (Å²) in [6.07, 6.45) is -4.41. The van der Waals surface area contributed by atoms with Crippen LogP contribution in [0.2, 0.25) is 0 Å². The normalized spacial score (nSPS) is 35.0. The van der Waals surface area contributed by atoms with E-state index in [9.17, 15) is 23.9 Å². The molecule has 17 heteroatoms. The van der Waals surface area contributed by atoms with Gasteiger partial charge in [-0.3, -0.25) is 4.52 Å². The maximum absolute atomic E-state index is 11.4. The van der Waals surface area contributed by atoms with Crippen LogP contribution in [0.1, 0.15) is 0 Å². The lowest BCUT2D eigenvalue weighted by Gasteiger charge is -2.19. The molecule has 0 aromatic heterocycles. The lowest BCUT2D eigenvalue weighted by atomic mass is 9.93. The van der Waals surface area contributed by atoms with Crippen molar-refractivity contribution in [2.75, 3.05) is 6.61 Å². The van der Waals surface area contributed by atoms with Crippen LogP contribution in [0.25, 0.3) is 0 Å². The van der Waals surface area contributed by atoms with Gasteiger partial charge in [0.15, 0.2) is 0 Å². The first-order valence-electron chi connectivity index (χ1n) is 5.28. The number of ether oxygens (including phenoxy) is 1. The Hall–Kier alpha value is 0.355. The van der Waals surface area contributed by atoms with Crippen molar-refractivity contribution in [2.45, 2.75) is 24.3 Å². The Bertz CT molecular complexity index is 532. The zero-order valence-corrected chi connectivity index (χ0v) is 13.2. The van der Waals surface area contributed by atoms with E-state index in [1.807, 2.05) is 0 Å². The summed E-state index contributed by atoms with van der Waals surface area (Å²) in [4.78, 5) is 34.7. The summed E-state index contributed by atoms with van der Waals surface area (Å²) in [6.45, 7) is -0.893. The summed E-state index contributed by atoms with van der Waals surface area (Å²) in [5, 5.41) is 18.7. The predicted molar refractivity (Wildman–Crippen MR) is 66.2 cm³/mol. The monoisotopic (exact) mass is 384 g/mol. The maximum Gasteiger partial charge on any atom is 0.490 e. The molecule has 22 heavy (non-hydrogen) atoms. The van der Waals surface area contributed by atoms with E-state index < -0.39 is 54.4 Å². The van der Waals surface area contributed by atoms with Crippen LogP contribution in [0.4, 0.5) is 0 Å². The number of hydrogen-bond donors (Lipinski definition) is 6. The Morgan fingerprint density at radius 2 is 1.50 bits per heavy atom. The molecule has 128 valence electrons. The maximum atomic E-state index is 11.4. The third-order valence-corrected chi connectivity index (χ3v) is 6.02. The lowest BCUT2D eigenvalue weighted by Crippen LogP contribution is -2.34. The summed E-state index contributed by atoms with van der Waals surface area (Å²) >= 11 is 0. The van der Waals surface area contributed by atoms with Gasteiger partial charge in [-0.05, 0) is 0 Å². The molecule has 3 unspecified atom stereocenters. The quantitative estimate of drug-likeness (QED) is 0.206. The largest absolute Gasteiger partial charge is 0.490 e. The third-order valence-electron chi connectivity index (χ3n) is 2.22. The Morgan fingerprint density at radius 1 is 0.955 bits per heavy atom. The van der Waals surface area contributed by atoms with E-state index in [4.69, 9.17) is 32.2 Å². The van der Waals surface area contributed by atoms with Crippen LogP contribution in [0.5, 0.6) is 0 Å². The molecule has 6 atom stereocenters. The second kappa shape index (κ2) is 7.08. The van der Waals surface area contributed by atoms with E-state index in [-0.39, 0.29) is 0 Å². The average Bonchev–Trinajstić information content (AvgIpc) is 2.49. The van der Waals surface area contributed by atoms with Crippen LogP contribution in [-0.2, 0) is 31.6 Å². The van der Waals surface area contributed by atoms with Crippen LogP contribution < -0.4 is 0 Å². The standard InChI is InChI=1S/C5H12BO13P3/c6-5-4(8)3(7)2(17-5)1-16-21(12,13)19-22(14,15)18-20(9,10)11/h2-5,7-8H,1H2,(H,12,13)(H,14,15)(H2,9,10,11)/t2-,3+,4?,5-/m1/s1. The second-order valence-electron chi connectivity index (χ2n) is 4.01. The Balaban J connectivity index is 2.60. The molecule has 1 aliphatic rings. The smallest absolute Gasteiger partial charge is 0.388 e. The van der Waals surface area contributed by atoms with E-state index in [0.29, 0.717) is 0 Å². The summed E-state index contributed by atoms with van der Waals surface area (Å²) in [5.41, 5.74) is 0. The minimum absolute atomic E-state index is 0.893. The summed E-state index contributed by atoms with van der Waals surface area (Å²) in [7, 11) is -11.2. The molecule has 0 spiro atoms. The summed E-state index contributed by atoms with van der Waals surface area (Å²) < 4.78 is 48.7. The minimum Gasteiger partial charge on any atom is -0.388 e. The summed E-state index contributed by atoms with van der Waals surface area (Å²) in [5.74, 6) is 0. The molecule has 0 aromatic rings. The van der Waals surface area contributed by atoms with Gasteiger partial charge in [0, 0.05) is 6.00 Å². The van der Waals surface area contributed by atoms with Gasteiger partial charge < -0.3 is 34.5 Å². The van der Waals surface area contributed by atoms with Crippen molar-refractivity contribution in [3.8, 4) is 0 Å². The number of rotatable bonds is 7. The highest BCUT2D eigenvalue weighted by Gasteiger charge is 2.44. The van der Waals surface area contributed by atoms with Gasteiger partial charge in [0.1, 0.15) is 20.1 Å². The highest BCUT2D eigenvalue weighted by atomic mass is 31.3. The zero-order valence-electron chi connectivity index (χ0n) is 10.5. The van der Waals surface area contributed by atoms with E-state index in [1.54, 1.807) is 0 Å². The van der Waals surface area contributed by atoms with Gasteiger partial charge in [0.25, 0.3) is 0 Å². The van der Waals surface area contributed by atoms with Gasteiger partial charge in [-0.2, -0.15) is 8.62 Å². The van der Waals surface area contributed by atoms with Crippen LogP contribution in [0, 0.1) is 0 Å². The zero-order chi connectivity index (χ0) is 17.3. The van der Waals surface area contributed by atoms with E-state index in [2.05, 4.69) is 13.1 Å². The average molecular weight is 384 g/mol. The van der Waals surface area contributed by atoms with Crippen molar-refractivity contribution < 1.29 is 61.4 Å². The first kappa shape index (κ1) is 20.4. The highest BCUT2D eigenvalue weighted by Crippen LogP contribution is 2.66. The van der Waals surface area contributed by atoms with Crippen LogP contribution in [-0.4, -0.2) is 68.6 Å². The molecule has 2 radical (unpaired) electrons. The van der Waals surface area contributed by atoms with Gasteiger partial charge in [0.05, 0.1) is 12.7 Å². The topological polar surface area (TPSA) is 210 Å². The Labute approximate surface area is 124 Å². The van der Waals surface area contributed by atoms with Crippen LogP contribution >= 0.6 is 23.5 Å². The van der Waals surface area contributed by atoms with Crippen LogP contribution in [0.15, 0.2) is 0 Å². The van der Waals surface area contributed by atoms with Gasteiger partial charge in [-0.15, -0.1) is 0 Å². The molecule has 0 bridgehead atoms. The lowest BCUT2D eigenvalue weighted by molar-refractivity contribution is -0.00869. The molecule has 1 aliphatic heterocycles. The van der Waals surface area contributed by atoms with Crippen molar-refractivity contribution in [3.63, 3.8) is 0 Å². The fraction of sp³-hybridized carbons (Fsp3) is 1.00. The highest BCUT2D eigenvalue weighted by molar-refractivity contribution is 7.66. The van der Waals surface area contributed by atoms with Crippen LogP contribution in [0.3, 0.4) is 0 Å². The molecule has 1 rings (SSSR count). The number of aliphatic hydroxyl groups excluding tert-OH is 2. The molecular weight excluding hydrogens is 372 g/mol. The van der Waals surface area contributed by atoms with Crippen molar-refractivity contribution in [1.29, 1.82) is 0 Å². The summed E-state index contributed by atoms with van der Waals surface area (Å²) in [6, 6.07) is -1.29. The molecule has 0 aromatic carbocycles. The van der Waals surface area contributed by atoms with Crippen molar-refractivity contribution in [3.05, 3.63) is 0 Å². The fourth-order valence-corrected chi connectivity index (χ4v) is 4.42. The van der Waals surface area contributed by atoms with Gasteiger partial charge >= 0.3 is 23.5 Å². The van der Waals surface area contributed by atoms with Crippen molar-refractivity contribution in [2.24, 2.45) is 0 Å². The third kappa shape index (κ3) is 6.46. The predicted octanol–water partition coefficient (Wildman–Crippen LogP) is -2.06. The molecule has 0 amide bonds. The molecule has 0 aliphatic carbocycles. The second-order valence-corrected chi connectivity index (χ2v) is 8.43. The number of aliphatic hydroxyl groups is 2. The first-order chi connectivity index (χ1) is 9.72. The molecule has 1 fully saturated rings. The van der Waals surface area contributed by atoms with E-state index >= 15 is 0 Å². The number of phosphoric ester groups is 1.